The van der Waals surface area contributed by atoms with E-state index in [9.17, 15) is 9.18 Å². The predicted octanol–water partition coefficient (Wildman–Crippen LogP) is 4.99. The Morgan fingerprint density at radius 1 is 1.22 bits per heavy atom. The van der Waals surface area contributed by atoms with Crippen molar-refractivity contribution in [2.75, 3.05) is 0 Å². The van der Waals surface area contributed by atoms with Crippen LogP contribution in [0, 0.1) is 5.82 Å². The van der Waals surface area contributed by atoms with Crippen LogP contribution < -0.4 is 5.32 Å². The molecular weight excluding hydrogens is 388 g/mol. The number of imidazole rings is 1. The second-order valence-electron chi connectivity index (χ2n) is 6.55. The Balaban J connectivity index is 2.00. The molecule has 3 aromatic rings. The first-order valence-corrected chi connectivity index (χ1v) is 9.51. The lowest BCUT2D eigenvalue weighted by molar-refractivity contribution is -0.122. The number of fused-ring (bicyclic) bond motifs is 1. The quantitative estimate of drug-likeness (QED) is 0.625. The molecule has 0 aliphatic rings. The highest BCUT2D eigenvalue weighted by atomic mass is 35.5. The van der Waals surface area contributed by atoms with Crippen LogP contribution in [0.2, 0.25) is 10.0 Å². The van der Waals surface area contributed by atoms with Crippen LogP contribution >= 0.6 is 23.2 Å². The van der Waals surface area contributed by atoms with Crippen molar-refractivity contribution in [1.82, 2.24) is 14.9 Å². The van der Waals surface area contributed by atoms with Crippen molar-refractivity contribution in [2.45, 2.75) is 39.3 Å². The third-order valence-electron chi connectivity index (χ3n) is 4.47. The highest BCUT2D eigenvalue weighted by molar-refractivity contribution is 6.42. The first kappa shape index (κ1) is 19.6. The van der Waals surface area contributed by atoms with Gasteiger partial charge >= 0.3 is 0 Å². The van der Waals surface area contributed by atoms with Gasteiger partial charge in [-0.15, -0.1) is 0 Å². The lowest BCUT2D eigenvalue weighted by Gasteiger charge is -2.14. The molecule has 3 rings (SSSR count). The number of carbonyl (C=O) groups is 1. The number of halogens is 3. The number of benzene rings is 2. The Kier molecular flexibility index (Phi) is 6.02. The fraction of sp³-hybridized carbons (Fsp3) is 0.300. The number of carbonyl (C=O) groups excluding carboxylic acids is 1. The van der Waals surface area contributed by atoms with Gasteiger partial charge in [0.2, 0.25) is 5.91 Å². The van der Waals surface area contributed by atoms with Crippen LogP contribution in [-0.4, -0.2) is 21.5 Å². The summed E-state index contributed by atoms with van der Waals surface area (Å²) >= 11 is 12.3. The van der Waals surface area contributed by atoms with Crippen molar-refractivity contribution in [3.05, 3.63) is 63.6 Å². The number of hydrogen-bond donors (Lipinski definition) is 1. The number of rotatable bonds is 6. The van der Waals surface area contributed by atoms with Crippen LogP contribution in [0.3, 0.4) is 0 Å². The van der Waals surface area contributed by atoms with E-state index in [0.717, 1.165) is 17.5 Å². The third kappa shape index (κ3) is 4.60. The molecule has 0 bridgehead atoms. The number of hydrogen-bond acceptors (Lipinski definition) is 2. The van der Waals surface area contributed by atoms with Crippen molar-refractivity contribution in [1.29, 1.82) is 0 Å². The van der Waals surface area contributed by atoms with E-state index in [1.807, 2.05) is 18.4 Å². The topological polar surface area (TPSA) is 46.9 Å². The van der Waals surface area contributed by atoms with Gasteiger partial charge in [-0.3, -0.25) is 4.79 Å². The minimum Gasteiger partial charge on any atom is -0.352 e. The molecular formula is C20H20Cl2FN3O. The van der Waals surface area contributed by atoms with Crippen molar-refractivity contribution < 1.29 is 9.18 Å². The van der Waals surface area contributed by atoms with E-state index in [0.29, 0.717) is 27.8 Å². The van der Waals surface area contributed by atoms with Gasteiger partial charge in [-0.25, -0.2) is 9.37 Å². The zero-order valence-corrected chi connectivity index (χ0v) is 16.6. The average Bonchev–Trinajstić information content (AvgIpc) is 2.93. The van der Waals surface area contributed by atoms with Crippen molar-refractivity contribution in [3.8, 4) is 0 Å². The van der Waals surface area contributed by atoms with Gasteiger partial charge in [-0.05, 0) is 43.2 Å². The van der Waals surface area contributed by atoms with E-state index >= 15 is 0 Å². The van der Waals surface area contributed by atoms with Crippen LogP contribution in [0.4, 0.5) is 4.39 Å². The summed E-state index contributed by atoms with van der Waals surface area (Å²) in [6.45, 7) is 4.09. The summed E-state index contributed by atoms with van der Waals surface area (Å²) < 4.78 is 15.0. The second kappa shape index (κ2) is 8.28. The standard InChI is InChI=1S/C20H20Cl2FN3O/c1-3-12(2)24-20(27)11-26-18-10-16(22)15(21)9-17(18)25-19(26)8-13-4-6-14(23)7-5-13/h4-7,9-10,12H,3,8,11H2,1-2H3,(H,24,27). The fourth-order valence-electron chi connectivity index (χ4n) is 2.83. The second-order valence-corrected chi connectivity index (χ2v) is 7.36. The Morgan fingerprint density at radius 3 is 2.56 bits per heavy atom. The van der Waals surface area contributed by atoms with Crippen LogP contribution in [0.25, 0.3) is 11.0 Å². The summed E-state index contributed by atoms with van der Waals surface area (Å²) in [5.41, 5.74) is 2.30. The molecule has 1 unspecified atom stereocenters. The van der Waals surface area contributed by atoms with Gasteiger partial charge in [0, 0.05) is 12.5 Å². The molecule has 4 nitrogen and oxygen atoms in total. The van der Waals surface area contributed by atoms with Crippen LogP contribution in [-0.2, 0) is 17.8 Å². The molecule has 2 aromatic carbocycles. The Labute approximate surface area is 167 Å². The van der Waals surface area contributed by atoms with Gasteiger partial charge in [-0.1, -0.05) is 42.3 Å². The molecule has 0 saturated heterocycles. The minimum atomic E-state index is -0.293. The van der Waals surface area contributed by atoms with E-state index in [4.69, 9.17) is 23.2 Å². The van der Waals surface area contributed by atoms with Crippen molar-refractivity contribution in [3.63, 3.8) is 0 Å². The van der Waals surface area contributed by atoms with Gasteiger partial charge in [0.25, 0.3) is 0 Å². The van der Waals surface area contributed by atoms with Crippen LogP contribution in [0.15, 0.2) is 36.4 Å². The van der Waals surface area contributed by atoms with Crippen LogP contribution in [0.1, 0.15) is 31.7 Å². The molecule has 1 heterocycles. The molecule has 0 saturated carbocycles. The molecule has 7 heteroatoms. The summed E-state index contributed by atoms with van der Waals surface area (Å²) in [7, 11) is 0. The van der Waals surface area contributed by atoms with Crippen LogP contribution in [0.5, 0.6) is 0 Å². The maximum absolute atomic E-state index is 13.2. The first-order valence-electron chi connectivity index (χ1n) is 8.75. The molecule has 1 aromatic heterocycles. The molecule has 0 radical (unpaired) electrons. The molecule has 1 atom stereocenters. The number of nitrogens with one attached hydrogen (secondary N) is 1. The zero-order chi connectivity index (χ0) is 19.6. The molecule has 0 spiro atoms. The molecule has 27 heavy (non-hydrogen) atoms. The van der Waals surface area contributed by atoms with E-state index in [1.165, 1.54) is 12.1 Å². The summed E-state index contributed by atoms with van der Waals surface area (Å²) in [6, 6.07) is 9.73. The smallest absolute Gasteiger partial charge is 0.240 e. The minimum absolute atomic E-state index is 0.0888. The van der Waals surface area contributed by atoms with E-state index in [-0.39, 0.29) is 24.3 Å². The van der Waals surface area contributed by atoms with Gasteiger partial charge in [0.15, 0.2) is 0 Å². The number of aromatic nitrogens is 2. The predicted molar refractivity (Wildman–Crippen MR) is 107 cm³/mol. The number of amides is 1. The normalized spacial score (nSPS) is 12.3. The lowest BCUT2D eigenvalue weighted by atomic mass is 10.1. The highest BCUT2D eigenvalue weighted by Gasteiger charge is 2.17. The maximum Gasteiger partial charge on any atom is 0.240 e. The molecule has 0 aliphatic carbocycles. The molecule has 0 aliphatic heterocycles. The number of nitrogens with zero attached hydrogens (tertiary/aromatic N) is 2. The third-order valence-corrected chi connectivity index (χ3v) is 5.19. The monoisotopic (exact) mass is 407 g/mol. The Bertz CT molecular complexity index is 970. The average molecular weight is 408 g/mol. The summed E-state index contributed by atoms with van der Waals surface area (Å²) in [5.74, 6) is 0.295. The fourth-order valence-corrected chi connectivity index (χ4v) is 3.15. The largest absolute Gasteiger partial charge is 0.352 e. The van der Waals surface area contributed by atoms with Gasteiger partial charge in [0.05, 0.1) is 21.1 Å². The lowest BCUT2D eigenvalue weighted by Crippen LogP contribution is -2.34. The molecule has 0 fully saturated rings. The molecule has 1 N–H and O–H groups in total. The van der Waals surface area contributed by atoms with E-state index < -0.39 is 0 Å². The summed E-state index contributed by atoms with van der Waals surface area (Å²) in [5, 5.41) is 3.77. The Morgan fingerprint density at radius 2 is 1.89 bits per heavy atom. The zero-order valence-electron chi connectivity index (χ0n) is 15.1. The van der Waals surface area contributed by atoms with Crippen molar-refractivity contribution in [2.24, 2.45) is 0 Å². The molecule has 1 amide bonds. The maximum atomic E-state index is 13.2. The molecule has 142 valence electrons. The SMILES string of the molecule is CCC(C)NC(=O)Cn1c(Cc2ccc(F)cc2)nc2cc(Cl)c(Cl)cc21. The summed E-state index contributed by atoms with van der Waals surface area (Å²) in [4.78, 5) is 17.1. The van der Waals surface area contributed by atoms with Gasteiger partial charge in [-0.2, -0.15) is 0 Å². The van der Waals surface area contributed by atoms with Gasteiger partial charge in [0.1, 0.15) is 18.2 Å². The van der Waals surface area contributed by atoms with E-state index in [2.05, 4.69) is 10.3 Å². The highest BCUT2D eigenvalue weighted by Crippen LogP contribution is 2.29. The van der Waals surface area contributed by atoms with Crippen molar-refractivity contribution >= 4 is 40.1 Å². The van der Waals surface area contributed by atoms with E-state index in [1.54, 1.807) is 24.3 Å². The Hall–Kier alpha value is -2.11. The summed E-state index contributed by atoms with van der Waals surface area (Å²) in [6.07, 6.45) is 1.31. The first-order chi connectivity index (χ1) is 12.9. The van der Waals surface area contributed by atoms with Gasteiger partial charge < -0.3 is 9.88 Å².